The number of fused-ring (bicyclic) bond motifs is 1. The Labute approximate surface area is 172 Å². The van der Waals surface area contributed by atoms with E-state index in [1.165, 1.54) is 11.8 Å². The number of aromatic nitrogens is 4. The molecule has 1 amide bonds. The fourth-order valence-corrected chi connectivity index (χ4v) is 3.50. The third kappa shape index (κ3) is 3.45. The molecule has 9 heteroatoms. The molecule has 152 valence electrons. The van der Waals surface area contributed by atoms with Crippen LogP contribution in [0.3, 0.4) is 0 Å². The monoisotopic (exact) mass is 403 g/mol. The minimum absolute atomic E-state index is 0.0914. The van der Waals surface area contributed by atoms with E-state index in [1.54, 1.807) is 23.2 Å². The van der Waals surface area contributed by atoms with Gasteiger partial charge in [0.15, 0.2) is 11.4 Å². The van der Waals surface area contributed by atoms with E-state index in [0.29, 0.717) is 49.4 Å². The van der Waals surface area contributed by atoms with E-state index < -0.39 is 0 Å². The van der Waals surface area contributed by atoms with E-state index in [0.717, 1.165) is 11.1 Å². The number of nitrogens with one attached hydrogen (secondary N) is 2. The Bertz CT molecular complexity index is 1160. The predicted molar refractivity (Wildman–Crippen MR) is 113 cm³/mol. The average molecular weight is 403 g/mol. The maximum atomic E-state index is 12.5. The zero-order valence-corrected chi connectivity index (χ0v) is 16.5. The normalized spacial score (nSPS) is 14.3. The Balaban J connectivity index is 1.36. The predicted octanol–water partition coefficient (Wildman–Crippen LogP) is 2.96. The summed E-state index contributed by atoms with van der Waals surface area (Å²) >= 11 is 0. The van der Waals surface area contributed by atoms with Crippen LogP contribution in [0.5, 0.6) is 0 Å². The number of H-pyrrole nitrogens is 1. The molecule has 1 fully saturated rings. The van der Waals surface area contributed by atoms with Crippen molar-refractivity contribution in [3.8, 4) is 0 Å². The number of carbonyl (C=O) groups excluding carboxylic acids is 1. The van der Waals surface area contributed by atoms with Gasteiger partial charge >= 0.3 is 0 Å². The van der Waals surface area contributed by atoms with Crippen LogP contribution in [0.15, 0.2) is 53.3 Å². The second kappa shape index (κ2) is 7.51. The summed E-state index contributed by atoms with van der Waals surface area (Å²) in [4.78, 5) is 25.7. The van der Waals surface area contributed by atoms with Gasteiger partial charge in [-0.25, -0.2) is 0 Å². The molecule has 0 spiro atoms. The Morgan fingerprint density at radius 3 is 2.63 bits per heavy atom. The molecule has 0 bridgehead atoms. The summed E-state index contributed by atoms with van der Waals surface area (Å²) in [7, 11) is 0. The van der Waals surface area contributed by atoms with Crippen molar-refractivity contribution in [2.24, 2.45) is 0 Å². The maximum Gasteiger partial charge on any atom is 0.289 e. The Hall–Kier alpha value is -3.88. The van der Waals surface area contributed by atoms with E-state index in [9.17, 15) is 4.79 Å². The molecule has 0 aliphatic carbocycles. The molecule has 4 aromatic rings. The smallest absolute Gasteiger partial charge is 0.289 e. The first-order chi connectivity index (χ1) is 14.7. The van der Waals surface area contributed by atoms with E-state index >= 15 is 0 Å². The highest BCUT2D eigenvalue weighted by Crippen LogP contribution is 2.26. The topological polar surface area (TPSA) is 103 Å². The molecule has 3 aromatic heterocycles. The number of nitrogens with zero attached hydrogens (tertiary/aromatic N) is 5. The third-order valence-electron chi connectivity index (χ3n) is 5.19. The summed E-state index contributed by atoms with van der Waals surface area (Å²) in [6.45, 7) is 4.47. The van der Waals surface area contributed by atoms with Gasteiger partial charge in [0.2, 0.25) is 5.95 Å². The summed E-state index contributed by atoms with van der Waals surface area (Å²) < 4.78 is 5.23. The molecule has 0 radical (unpaired) electrons. The quantitative estimate of drug-likeness (QED) is 0.540. The van der Waals surface area contributed by atoms with E-state index in [4.69, 9.17) is 9.40 Å². The van der Waals surface area contributed by atoms with Crippen molar-refractivity contribution in [2.45, 2.75) is 6.92 Å². The second-order valence-electron chi connectivity index (χ2n) is 7.25. The number of rotatable bonds is 4. The van der Waals surface area contributed by atoms with Gasteiger partial charge in [-0.3, -0.25) is 9.89 Å². The van der Waals surface area contributed by atoms with Crippen molar-refractivity contribution in [3.63, 3.8) is 0 Å². The highest BCUT2D eigenvalue weighted by Gasteiger charge is 2.25. The number of hydrogen-bond acceptors (Lipinski definition) is 7. The summed E-state index contributed by atoms with van der Waals surface area (Å²) in [6.07, 6.45) is 3.23. The van der Waals surface area contributed by atoms with Crippen LogP contribution in [0.4, 0.5) is 17.5 Å². The van der Waals surface area contributed by atoms with Gasteiger partial charge in [0.05, 0.1) is 17.8 Å². The van der Waals surface area contributed by atoms with Gasteiger partial charge in [0.25, 0.3) is 5.91 Å². The van der Waals surface area contributed by atoms with Gasteiger partial charge < -0.3 is 19.5 Å². The molecule has 5 rings (SSSR count). The Morgan fingerprint density at radius 2 is 1.90 bits per heavy atom. The number of hydrogen-bond donors (Lipinski definition) is 2. The van der Waals surface area contributed by atoms with Crippen molar-refractivity contribution in [3.05, 3.63) is 60.2 Å². The van der Waals surface area contributed by atoms with Crippen LogP contribution in [0, 0.1) is 6.92 Å². The van der Waals surface area contributed by atoms with Crippen LogP contribution in [-0.4, -0.2) is 57.2 Å². The lowest BCUT2D eigenvalue weighted by atomic mass is 10.2. The summed E-state index contributed by atoms with van der Waals surface area (Å²) in [6, 6.07) is 11.5. The van der Waals surface area contributed by atoms with Crippen molar-refractivity contribution >= 4 is 34.4 Å². The van der Waals surface area contributed by atoms with Crippen LogP contribution in [0.25, 0.3) is 11.0 Å². The van der Waals surface area contributed by atoms with Crippen molar-refractivity contribution in [1.29, 1.82) is 0 Å². The van der Waals surface area contributed by atoms with Gasteiger partial charge in [-0.05, 0) is 31.2 Å². The van der Waals surface area contributed by atoms with Crippen LogP contribution in [0.1, 0.15) is 16.1 Å². The molecular weight excluding hydrogens is 382 g/mol. The van der Waals surface area contributed by atoms with Crippen LogP contribution in [0.2, 0.25) is 0 Å². The number of carbonyl (C=O) groups is 1. The molecule has 2 N–H and O–H groups in total. The molecule has 1 aliphatic heterocycles. The fourth-order valence-electron chi connectivity index (χ4n) is 3.50. The minimum atomic E-state index is -0.0914. The van der Waals surface area contributed by atoms with Crippen LogP contribution >= 0.6 is 0 Å². The van der Waals surface area contributed by atoms with E-state index in [-0.39, 0.29) is 5.91 Å². The van der Waals surface area contributed by atoms with Crippen LogP contribution in [-0.2, 0) is 0 Å². The zero-order valence-electron chi connectivity index (χ0n) is 16.5. The molecular formula is C21H21N7O2. The fraction of sp³-hybridized carbons (Fsp3) is 0.238. The number of amides is 1. The standard InChI is InChI=1S/C21H21N7O2/c1-14-4-6-15(7-5-14)23-18-16-13-22-26-19(16)25-21(24-18)28-10-8-27(9-11-28)20(29)17-3-2-12-30-17/h2-7,12-13H,8-11H2,1H3,(H2,22,23,24,25,26). The zero-order chi connectivity index (χ0) is 20.5. The largest absolute Gasteiger partial charge is 0.459 e. The molecule has 4 heterocycles. The number of furan rings is 1. The van der Waals surface area contributed by atoms with Gasteiger partial charge in [0, 0.05) is 31.9 Å². The van der Waals surface area contributed by atoms with Crippen molar-refractivity contribution < 1.29 is 9.21 Å². The Morgan fingerprint density at radius 1 is 1.10 bits per heavy atom. The van der Waals surface area contributed by atoms with Gasteiger partial charge in [-0.15, -0.1) is 0 Å². The first-order valence-corrected chi connectivity index (χ1v) is 9.80. The SMILES string of the molecule is Cc1ccc(Nc2nc(N3CCN(C(=O)c4ccco4)CC3)nc3[nH]ncc23)cc1. The number of anilines is 3. The third-order valence-corrected chi connectivity index (χ3v) is 5.19. The average Bonchev–Trinajstić information content (AvgIpc) is 3.47. The lowest BCUT2D eigenvalue weighted by Crippen LogP contribution is -2.49. The molecule has 1 saturated heterocycles. The maximum absolute atomic E-state index is 12.5. The molecule has 1 aromatic carbocycles. The van der Waals surface area contributed by atoms with Gasteiger partial charge in [-0.2, -0.15) is 15.1 Å². The first kappa shape index (κ1) is 18.2. The molecule has 30 heavy (non-hydrogen) atoms. The summed E-state index contributed by atoms with van der Waals surface area (Å²) in [5, 5.41) is 11.2. The highest BCUT2D eigenvalue weighted by molar-refractivity contribution is 5.92. The molecule has 0 atom stereocenters. The molecule has 0 unspecified atom stereocenters. The minimum Gasteiger partial charge on any atom is -0.459 e. The van der Waals surface area contributed by atoms with Crippen LogP contribution < -0.4 is 10.2 Å². The van der Waals surface area contributed by atoms with E-state index in [1.807, 2.05) is 24.3 Å². The number of aromatic amines is 1. The van der Waals surface area contributed by atoms with Gasteiger partial charge in [0.1, 0.15) is 5.82 Å². The lowest BCUT2D eigenvalue weighted by molar-refractivity contribution is 0.0714. The summed E-state index contributed by atoms with van der Waals surface area (Å²) in [5.41, 5.74) is 2.81. The summed E-state index contributed by atoms with van der Waals surface area (Å²) in [5.74, 6) is 1.57. The lowest BCUT2D eigenvalue weighted by Gasteiger charge is -2.34. The second-order valence-corrected chi connectivity index (χ2v) is 7.25. The molecule has 0 saturated carbocycles. The Kier molecular flexibility index (Phi) is 4.55. The van der Waals surface area contributed by atoms with Crippen molar-refractivity contribution in [1.82, 2.24) is 25.1 Å². The molecule has 9 nitrogen and oxygen atoms in total. The highest BCUT2D eigenvalue weighted by atomic mass is 16.3. The number of aryl methyl sites for hydroxylation is 1. The van der Waals surface area contributed by atoms with Gasteiger partial charge in [-0.1, -0.05) is 17.7 Å². The molecule has 1 aliphatic rings. The van der Waals surface area contributed by atoms with E-state index in [2.05, 4.69) is 32.3 Å². The number of piperazine rings is 1. The first-order valence-electron chi connectivity index (χ1n) is 9.80. The van der Waals surface area contributed by atoms with Crippen molar-refractivity contribution in [2.75, 3.05) is 36.4 Å². The number of benzene rings is 1.